The Hall–Kier alpha value is -0.840. The first kappa shape index (κ1) is 11.2. The third kappa shape index (κ3) is 2.57. The maximum atomic E-state index is 11.2. The molecule has 1 aromatic rings. The molecule has 0 aliphatic heterocycles. The number of carbonyl (C=O) groups excluding carboxylic acids is 1. The average molecular weight is 261 g/mol. The Labute approximate surface area is 91.4 Å². The van der Waals surface area contributed by atoms with Crippen LogP contribution in [0, 0.1) is 5.92 Å². The van der Waals surface area contributed by atoms with Crippen molar-refractivity contribution in [3.63, 3.8) is 0 Å². The molecule has 0 saturated carbocycles. The lowest BCUT2D eigenvalue weighted by atomic mass is 10.2. The summed E-state index contributed by atoms with van der Waals surface area (Å²) in [6.45, 7) is 4.97. The highest BCUT2D eigenvalue weighted by Gasteiger charge is 2.15. The van der Waals surface area contributed by atoms with Gasteiger partial charge in [0.25, 0.3) is 0 Å². The van der Waals surface area contributed by atoms with Crippen LogP contribution in [0.5, 0.6) is 0 Å². The number of carbonyl (C=O) groups is 1. The molecule has 14 heavy (non-hydrogen) atoms. The van der Waals surface area contributed by atoms with E-state index < -0.39 is 5.97 Å². The van der Waals surface area contributed by atoms with Crippen LogP contribution >= 0.6 is 15.9 Å². The molecule has 0 saturated heterocycles. The van der Waals surface area contributed by atoms with Gasteiger partial charge in [0, 0.05) is 12.7 Å². The zero-order valence-corrected chi connectivity index (χ0v) is 10.0. The third-order valence-electron chi connectivity index (χ3n) is 1.65. The van der Waals surface area contributed by atoms with Crippen molar-refractivity contribution in [3.8, 4) is 0 Å². The van der Waals surface area contributed by atoms with Gasteiger partial charge in [0.2, 0.25) is 0 Å². The Morgan fingerprint density at radius 1 is 1.71 bits per heavy atom. The van der Waals surface area contributed by atoms with E-state index in [0.717, 1.165) is 6.54 Å². The normalized spacial score (nSPS) is 10.6. The third-order valence-corrected chi connectivity index (χ3v) is 2.23. The van der Waals surface area contributed by atoms with Crippen LogP contribution in [0.2, 0.25) is 0 Å². The summed E-state index contributed by atoms with van der Waals surface area (Å²) in [5.41, 5.74) is 0.327. The van der Waals surface area contributed by atoms with Crippen LogP contribution < -0.4 is 0 Å². The number of rotatable bonds is 3. The fraction of sp³-hybridized carbons (Fsp3) is 0.556. The summed E-state index contributed by atoms with van der Waals surface area (Å²) in [6, 6.07) is 0. The highest BCUT2D eigenvalue weighted by atomic mass is 79.9. The Morgan fingerprint density at radius 2 is 2.36 bits per heavy atom. The monoisotopic (exact) mass is 260 g/mol. The second-order valence-electron chi connectivity index (χ2n) is 3.43. The molecule has 1 heterocycles. The fourth-order valence-corrected chi connectivity index (χ4v) is 1.58. The summed E-state index contributed by atoms with van der Waals surface area (Å²) >= 11 is 3.26. The molecule has 0 bridgehead atoms. The Bertz CT molecular complexity index is 334. The topological polar surface area (TPSA) is 44.1 Å². The largest absolute Gasteiger partial charge is 0.464 e. The predicted molar refractivity (Wildman–Crippen MR) is 56.1 cm³/mol. The molecule has 0 amide bonds. The lowest BCUT2D eigenvalue weighted by Crippen LogP contribution is -2.08. The van der Waals surface area contributed by atoms with Crippen molar-refractivity contribution >= 4 is 21.9 Å². The first-order valence-corrected chi connectivity index (χ1v) is 5.15. The second-order valence-corrected chi connectivity index (χ2v) is 4.29. The Kier molecular flexibility index (Phi) is 3.69. The highest BCUT2D eigenvalue weighted by Crippen LogP contribution is 2.16. The molecule has 1 aromatic heterocycles. The van der Waals surface area contributed by atoms with Gasteiger partial charge in [-0.15, -0.1) is 0 Å². The fourth-order valence-electron chi connectivity index (χ4n) is 1.10. The molecule has 0 N–H and O–H groups in total. The van der Waals surface area contributed by atoms with Crippen LogP contribution in [-0.2, 0) is 11.3 Å². The van der Waals surface area contributed by atoms with Crippen molar-refractivity contribution in [1.82, 2.24) is 9.78 Å². The van der Waals surface area contributed by atoms with E-state index in [0.29, 0.717) is 16.1 Å². The zero-order chi connectivity index (χ0) is 10.7. The number of esters is 1. The summed E-state index contributed by atoms with van der Waals surface area (Å²) in [6.07, 6.45) is 1.78. The number of halogens is 1. The van der Waals surface area contributed by atoms with Crippen LogP contribution in [0.25, 0.3) is 0 Å². The smallest absolute Gasteiger partial charge is 0.359 e. The number of methoxy groups -OCH3 is 1. The molecular weight excluding hydrogens is 248 g/mol. The van der Waals surface area contributed by atoms with Gasteiger partial charge in [-0.3, -0.25) is 4.68 Å². The van der Waals surface area contributed by atoms with E-state index in [2.05, 4.69) is 39.6 Å². The van der Waals surface area contributed by atoms with Gasteiger partial charge in [-0.25, -0.2) is 4.79 Å². The van der Waals surface area contributed by atoms with E-state index in [9.17, 15) is 4.79 Å². The zero-order valence-electron chi connectivity index (χ0n) is 8.45. The molecule has 0 aromatic carbocycles. The minimum Gasteiger partial charge on any atom is -0.464 e. The quantitative estimate of drug-likeness (QED) is 0.782. The van der Waals surface area contributed by atoms with E-state index in [1.165, 1.54) is 7.11 Å². The highest BCUT2D eigenvalue weighted by molar-refractivity contribution is 9.10. The molecule has 5 heteroatoms. The maximum absolute atomic E-state index is 11.2. The van der Waals surface area contributed by atoms with Crippen LogP contribution in [0.3, 0.4) is 0 Å². The van der Waals surface area contributed by atoms with Gasteiger partial charge in [-0.1, -0.05) is 13.8 Å². The van der Waals surface area contributed by atoms with Crippen molar-refractivity contribution in [3.05, 3.63) is 16.4 Å². The minimum absolute atomic E-state index is 0.327. The van der Waals surface area contributed by atoms with Gasteiger partial charge >= 0.3 is 5.97 Å². The molecule has 4 nitrogen and oxygen atoms in total. The molecule has 1 rings (SSSR count). The van der Waals surface area contributed by atoms with E-state index in [1.807, 2.05) is 0 Å². The Balaban J connectivity index is 2.87. The molecule has 0 aliphatic rings. The average Bonchev–Trinajstić information content (AvgIpc) is 2.44. The van der Waals surface area contributed by atoms with Crippen molar-refractivity contribution in [2.75, 3.05) is 7.11 Å². The van der Waals surface area contributed by atoms with Crippen LogP contribution in [0.1, 0.15) is 24.3 Å². The number of nitrogens with zero attached hydrogens (tertiary/aromatic N) is 2. The second kappa shape index (κ2) is 4.59. The van der Waals surface area contributed by atoms with Gasteiger partial charge < -0.3 is 4.74 Å². The van der Waals surface area contributed by atoms with Gasteiger partial charge in [0.15, 0.2) is 5.69 Å². The maximum Gasteiger partial charge on any atom is 0.359 e. The lowest BCUT2D eigenvalue weighted by Gasteiger charge is -2.03. The summed E-state index contributed by atoms with van der Waals surface area (Å²) < 4.78 is 7.00. The molecule has 0 atom stereocenters. The van der Waals surface area contributed by atoms with Gasteiger partial charge in [-0.2, -0.15) is 5.10 Å². The first-order valence-electron chi connectivity index (χ1n) is 4.36. The van der Waals surface area contributed by atoms with E-state index in [4.69, 9.17) is 0 Å². The van der Waals surface area contributed by atoms with Crippen LogP contribution in [-0.4, -0.2) is 22.9 Å². The number of hydrogen-bond donors (Lipinski definition) is 0. The minimum atomic E-state index is -0.417. The summed E-state index contributed by atoms with van der Waals surface area (Å²) in [5, 5.41) is 4.12. The molecule has 0 radical (unpaired) electrons. The van der Waals surface area contributed by atoms with E-state index in [1.54, 1.807) is 10.9 Å². The molecule has 0 fully saturated rings. The van der Waals surface area contributed by atoms with E-state index in [-0.39, 0.29) is 0 Å². The molecule has 0 spiro atoms. The number of ether oxygens (including phenoxy) is 1. The SMILES string of the molecule is COC(=O)c1nn(CC(C)C)cc1Br. The number of aromatic nitrogens is 2. The van der Waals surface area contributed by atoms with Crippen molar-refractivity contribution in [2.45, 2.75) is 20.4 Å². The predicted octanol–water partition coefficient (Wildman–Crippen LogP) is 2.09. The standard InChI is InChI=1S/C9H13BrN2O2/c1-6(2)4-12-5-7(10)8(11-12)9(13)14-3/h5-6H,4H2,1-3H3. The van der Waals surface area contributed by atoms with Crippen LogP contribution in [0.15, 0.2) is 10.7 Å². The van der Waals surface area contributed by atoms with Gasteiger partial charge in [0.05, 0.1) is 11.6 Å². The van der Waals surface area contributed by atoms with Gasteiger partial charge in [0.1, 0.15) is 0 Å². The van der Waals surface area contributed by atoms with Gasteiger partial charge in [-0.05, 0) is 21.8 Å². The Morgan fingerprint density at radius 3 is 2.86 bits per heavy atom. The summed E-state index contributed by atoms with van der Waals surface area (Å²) in [4.78, 5) is 11.2. The van der Waals surface area contributed by atoms with Crippen molar-refractivity contribution in [1.29, 1.82) is 0 Å². The molecular formula is C9H13BrN2O2. The molecule has 0 aliphatic carbocycles. The van der Waals surface area contributed by atoms with Crippen molar-refractivity contribution < 1.29 is 9.53 Å². The van der Waals surface area contributed by atoms with Crippen molar-refractivity contribution in [2.24, 2.45) is 5.92 Å². The van der Waals surface area contributed by atoms with Crippen LogP contribution in [0.4, 0.5) is 0 Å². The summed E-state index contributed by atoms with van der Waals surface area (Å²) in [5.74, 6) is 0.0756. The number of hydrogen-bond acceptors (Lipinski definition) is 3. The first-order chi connectivity index (χ1) is 6.54. The molecule has 0 unspecified atom stereocenters. The lowest BCUT2D eigenvalue weighted by molar-refractivity contribution is 0.0591. The van der Waals surface area contributed by atoms with E-state index >= 15 is 0 Å². The molecule has 78 valence electrons. The summed E-state index contributed by atoms with van der Waals surface area (Å²) in [7, 11) is 1.34.